The smallest absolute Gasteiger partial charge is 0.317 e. The third kappa shape index (κ3) is 4.37. The zero-order valence-electron chi connectivity index (χ0n) is 14.2. The van der Waals surface area contributed by atoms with Crippen molar-refractivity contribution in [3.8, 4) is 0 Å². The highest BCUT2D eigenvalue weighted by Gasteiger charge is 2.30. The molecule has 2 aliphatic heterocycles. The van der Waals surface area contributed by atoms with Gasteiger partial charge in [0.25, 0.3) is 0 Å². The van der Waals surface area contributed by atoms with Gasteiger partial charge in [0.15, 0.2) is 6.10 Å². The zero-order valence-corrected chi connectivity index (χ0v) is 14.2. The number of rotatable bonds is 6. The van der Waals surface area contributed by atoms with Crippen LogP contribution in [0.3, 0.4) is 0 Å². The Hall–Kier alpha value is -2.94. The minimum Gasteiger partial charge on any atom is -0.480 e. The average molecular weight is 359 g/mol. The Morgan fingerprint density at radius 2 is 2.15 bits per heavy atom. The molecular formula is C17H21N5O4. The summed E-state index contributed by atoms with van der Waals surface area (Å²) in [5.41, 5.74) is 2.69. The normalized spacial score (nSPS) is 21.1. The van der Waals surface area contributed by atoms with Crippen molar-refractivity contribution in [2.45, 2.75) is 12.5 Å². The summed E-state index contributed by atoms with van der Waals surface area (Å²) in [5, 5.41) is 16.4. The molecule has 0 bridgehead atoms. The minimum absolute atomic E-state index is 0.0834. The number of aliphatic carboxylic acids is 1. The van der Waals surface area contributed by atoms with Crippen LogP contribution >= 0.6 is 0 Å². The third-order valence-corrected chi connectivity index (χ3v) is 4.38. The van der Waals surface area contributed by atoms with E-state index < -0.39 is 5.97 Å². The number of carboxylic acid groups (broad SMARTS) is 1. The molecule has 9 nitrogen and oxygen atoms in total. The van der Waals surface area contributed by atoms with E-state index in [1.807, 2.05) is 24.3 Å². The molecule has 1 fully saturated rings. The lowest BCUT2D eigenvalue weighted by atomic mass is 10.0. The molecule has 0 spiro atoms. The molecule has 26 heavy (non-hydrogen) atoms. The fourth-order valence-corrected chi connectivity index (χ4v) is 3.07. The maximum Gasteiger partial charge on any atom is 0.317 e. The summed E-state index contributed by atoms with van der Waals surface area (Å²) in [4.78, 5) is 31.8. The van der Waals surface area contributed by atoms with Gasteiger partial charge in [-0.05, 0) is 11.1 Å². The van der Waals surface area contributed by atoms with Crippen LogP contribution in [-0.2, 0) is 14.4 Å². The zero-order chi connectivity index (χ0) is 18.5. The average Bonchev–Trinajstić information content (AvgIpc) is 3.06. The van der Waals surface area contributed by atoms with Gasteiger partial charge in [-0.3, -0.25) is 14.5 Å². The molecule has 1 aromatic carbocycles. The van der Waals surface area contributed by atoms with Crippen molar-refractivity contribution in [2.24, 2.45) is 16.1 Å². The van der Waals surface area contributed by atoms with Crippen molar-refractivity contribution in [1.29, 1.82) is 0 Å². The van der Waals surface area contributed by atoms with Crippen molar-refractivity contribution < 1.29 is 19.5 Å². The molecule has 9 heteroatoms. The van der Waals surface area contributed by atoms with Crippen molar-refractivity contribution in [3.05, 3.63) is 35.4 Å². The Morgan fingerprint density at radius 1 is 1.38 bits per heavy atom. The van der Waals surface area contributed by atoms with Gasteiger partial charge in [-0.2, -0.15) is 5.10 Å². The summed E-state index contributed by atoms with van der Waals surface area (Å²) in [6.45, 7) is 1.50. The van der Waals surface area contributed by atoms with E-state index in [9.17, 15) is 9.59 Å². The summed E-state index contributed by atoms with van der Waals surface area (Å²) in [7, 11) is 0. The van der Waals surface area contributed by atoms with Crippen LogP contribution in [0.15, 0.2) is 34.5 Å². The fourth-order valence-electron chi connectivity index (χ4n) is 3.07. The molecule has 1 unspecified atom stereocenters. The fraction of sp³-hybridized carbons (Fsp3) is 0.412. The summed E-state index contributed by atoms with van der Waals surface area (Å²) < 4.78 is 0. The number of hydrogen-bond donors (Lipinski definition) is 2. The van der Waals surface area contributed by atoms with Crippen molar-refractivity contribution in [3.63, 3.8) is 0 Å². The summed E-state index contributed by atoms with van der Waals surface area (Å²) in [6, 6.07) is 7.65. The van der Waals surface area contributed by atoms with E-state index in [1.54, 1.807) is 16.0 Å². The van der Waals surface area contributed by atoms with Crippen LogP contribution in [0.4, 0.5) is 0 Å². The highest BCUT2D eigenvalue weighted by Crippen LogP contribution is 2.19. The maximum absolute atomic E-state index is 12.2. The van der Waals surface area contributed by atoms with Gasteiger partial charge in [0.2, 0.25) is 5.91 Å². The monoisotopic (exact) mass is 359 g/mol. The number of carbonyl (C=O) groups excluding carboxylic acids is 1. The predicted octanol–water partition coefficient (Wildman–Crippen LogP) is -0.299. The van der Waals surface area contributed by atoms with Crippen molar-refractivity contribution in [1.82, 2.24) is 9.80 Å². The number of carbonyl (C=O) groups is 2. The first-order valence-corrected chi connectivity index (χ1v) is 8.33. The van der Waals surface area contributed by atoms with Gasteiger partial charge in [0.05, 0.1) is 31.6 Å². The number of piperazine rings is 1. The van der Waals surface area contributed by atoms with E-state index in [4.69, 9.17) is 15.8 Å². The van der Waals surface area contributed by atoms with Crippen LogP contribution < -0.4 is 5.84 Å². The van der Waals surface area contributed by atoms with Gasteiger partial charge in [0, 0.05) is 19.5 Å². The number of carboxylic acids is 1. The van der Waals surface area contributed by atoms with Crippen LogP contribution in [0.1, 0.15) is 17.5 Å². The van der Waals surface area contributed by atoms with Gasteiger partial charge >= 0.3 is 5.97 Å². The maximum atomic E-state index is 12.2. The molecule has 3 N–H and O–H groups in total. The van der Waals surface area contributed by atoms with Gasteiger partial charge in [-0.15, -0.1) is 0 Å². The third-order valence-electron chi connectivity index (χ3n) is 4.38. The molecule has 0 aliphatic carbocycles. The number of hydrogen-bond acceptors (Lipinski definition) is 7. The van der Waals surface area contributed by atoms with Crippen LogP contribution in [0, 0.1) is 0 Å². The van der Waals surface area contributed by atoms with Crippen LogP contribution in [0.2, 0.25) is 0 Å². The number of oxime groups is 1. The van der Waals surface area contributed by atoms with Gasteiger partial charge in [-0.25, -0.2) is 0 Å². The Bertz CT molecular complexity index is 731. The summed E-state index contributed by atoms with van der Waals surface area (Å²) in [5.74, 6) is 4.13. The van der Waals surface area contributed by atoms with Crippen molar-refractivity contribution in [2.75, 3.05) is 32.7 Å². The first-order chi connectivity index (χ1) is 12.5. The second-order valence-corrected chi connectivity index (χ2v) is 6.31. The van der Waals surface area contributed by atoms with Gasteiger partial charge < -0.3 is 20.7 Å². The minimum atomic E-state index is -0.924. The molecule has 1 saturated heterocycles. The standard InChI is InChI=1S/C17H21N5O4/c18-19-8-12-1-3-13(4-2-12)15-7-14(26-20-15)9-22-6-5-21(10-16(22)23)11-17(24)25/h1-4,8,14H,5-7,9-11,18H2,(H,24,25). The van der Waals surface area contributed by atoms with E-state index in [0.717, 1.165) is 16.8 Å². The van der Waals surface area contributed by atoms with Crippen LogP contribution in [-0.4, -0.2) is 77.5 Å². The molecule has 1 aromatic rings. The second kappa shape index (κ2) is 7.96. The first-order valence-electron chi connectivity index (χ1n) is 8.33. The van der Waals surface area contributed by atoms with E-state index in [-0.39, 0.29) is 25.1 Å². The van der Waals surface area contributed by atoms with E-state index in [0.29, 0.717) is 26.1 Å². The van der Waals surface area contributed by atoms with E-state index in [1.165, 1.54) is 0 Å². The number of nitrogens with zero attached hydrogens (tertiary/aromatic N) is 4. The Morgan fingerprint density at radius 3 is 2.81 bits per heavy atom. The quantitative estimate of drug-likeness (QED) is 0.409. The van der Waals surface area contributed by atoms with E-state index >= 15 is 0 Å². The lowest BCUT2D eigenvalue weighted by Gasteiger charge is -2.34. The second-order valence-electron chi connectivity index (χ2n) is 6.31. The van der Waals surface area contributed by atoms with Crippen LogP contribution in [0.5, 0.6) is 0 Å². The molecule has 0 aromatic heterocycles. The lowest BCUT2D eigenvalue weighted by Crippen LogP contribution is -2.53. The number of benzene rings is 1. The van der Waals surface area contributed by atoms with Gasteiger partial charge in [-0.1, -0.05) is 29.4 Å². The number of nitrogens with two attached hydrogens (primary N) is 1. The lowest BCUT2D eigenvalue weighted by molar-refractivity contribution is -0.143. The molecule has 0 radical (unpaired) electrons. The first kappa shape index (κ1) is 17.9. The Kier molecular flexibility index (Phi) is 5.47. The highest BCUT2D eigenvalue weighted by atomic mass is 16.6. The van der Waals surface area contributed by atoms with Crippen LogP contribution in [0.25, 0.3) is 0 Å². The number of hydrazone groups is 1. The molecule has 3 rings (SSSR count). The highest BCUT2D eigenvalue weighted by molar-refractivity contribution is 6.01. The van der Waals surface area contributed by atoms with Gasteiger partial charge in [0.1, 0.15) is 0 Å². The number of amides is 1. The largest absolute Gasteiger partial charge is 0.480 e. The summed E-state index contributed by atoms with van der Waals surface area (Å²) >= 11 is 0. The predicted molar refractivity (Wildman–Crippen MR) is 94.9 cm³/mol. The molecule has 1 amide bonds. The topological polar surface area (TPSA) is 121 Å². The van der Waals surface area contributed by atoms with E-state index in [2.05, 4.69) is 10.3 Å². The molecular weight excluding hydrogens is 338 g/mol. The molecule has 1 atom stereocenters. The summed E-state index contributed by atoms with van der Waals surface area (Å²) in [6.07, 6.45) is 1.99. The Labute approximate surface area is 150 Å². The molecule has 0 saturated carbocycles. The van der Waals surface area contributed by atoms with Crippen molar-refractivity contribution >= 4 is 23.8 Å². The molecule has 2 aliphatic rings. The SMILES string of the molecule is NN=Cc1ccc(C2=NOC(CN3CCN(CC(=O)O)CC3=O)C2)cc1. The molecule has 138 valence electrons. The Balaban J connectivity index is 1.51. The molecule has 2 heterocycles.